The molecule has 4 atom stereocenters. The van der Waals surface area contributed by atoms with Gasteiger partial charge in [0.1, 0.15) is 6.10 Å². The van der Waals surface area contributed by atoms with Crippen molar-refractivity contribution in [2.75, 3.05) is 13.2 Å². The highest BCUT2D eigenvalue weighted by Gasteiger charge is 2.55. The van der Waals surface area contributed by atoms with E-state index >= 15 is 0 Å². The number of rotatable bonds is 5. The van der Waals surface area contributed by atoms with Crippen molar-refractivity contribution < 1.29 is 24.9 Å². The maximum Gasteiger partial charge on any atom is 0.329 e. The number of aliphatic hydroxyl groups excluding tert-OH is 3. The zero-order chi connectivity index (χ0) is 19.7. The van der Waals surface area contributed by atoms with Crippen molar-refractivity contribution in [2.45, 2.75) is 38.0 Å². The number of nitrogens with zero attached hydrogens (tertiary/aromatic N) is 2. The van der Waals surface area contributed by atoms with Crippen molar-refractivity contribution >= 4 is 5.97 Å². The minimum Gasteiger partial charge on any atom is -0.465 e. The summed E-state index contributed by atoms with van der Waals surface area (Å²) in [6, 6.07) is 2.87. The zero-order valence-electron chi connectivity index (χ0n) is 14.4. The fourth-order valence-corrected chi connectivity index (χ4v) is 2.92. The van der Waals surface area contributed by atoms with Gasteiger partial charge >= 0.3 is 11.7 Å². The second kappa shape index (κ2) is 7.03. The average molecular weight is 367 g/mol. The van der Waals surface area contributed by atoms with Crippen LogP contribution in [-0.4, -0.2) is 56.3 Å². The maximum absolute atomic E-state index is 12.0. The van der Waals surface area contributed by atoms with Gasteiger partial charge in [0, 0.05) is 18.2 Å². The molecule has 1 fully saturated rings. The number of hydrogen-bond acceptors (Lipinski definition) is 8. The molecule has 1 aliphatic carbocycles. The lowest BCUT2D eigenvalue weighted by atomic mass is 9.95. The second-order valence-electron chi connectivity index (χ2n) is 7.06. The maximum atomic E-state index is 12.0. The predicted octanol–water partition coefficient (Wildman–Crippen LogP) is -1.94. The Morgan fingerprint density at radius 2 is 2.15 bits per heavy atom. The Morgan fingerprint density at radius 1 is 1.50 bits per heavy atom. The lowest BCUT2D eigenvalue weighted by molar-refractivity contribution is -0.158. The van der Waals surface area contributed by atoms with Crippen LogP contribution in [0.1, 0.15) is 20.3 Å². The Balaban J connectivity index is 2.27. The first-order valence-corrected chi connectivity index (χ1v) is 7.97. The Hall–Kier alpha value is -2.48. The molecule has 142 valence electrons. The number of carbonyl (C=O) groups is 1. The molecule has 0 saturated heterocycles. The van der Waals surface area contributed by atoms with E-state index in [0.717, 1.165) is 16.8 Å². The van der Waals surface area contributed by atoms with E-state index in [1.165, 1.54) is 13.8 Å². The number of aromatic nitrogens is 2. The first-order chi connectivity index (χ1) is 12.1. The topological polar surface area (TPSA) is 166 Å². The highest BCUT2D eigenvalue weighted by molar-refractivity contribution is 5.76. The molecule has 0 radical (unpaired) electrons. The van der Waals surface area contributed by atoms with Crippen molar-refractivity contribution in [1.82, 2.24) is 9.55 Å². The van der Waals surface area contributed by atoms with E-state index in [1.807, 2.05) is 11.1 Å². The molecule has 0 amide bonds. The van der Waals surface area contributed by atoms with Crippen LogP contribution in [0.5, 0.6) is 0 Å². The normalized spacial score (nSPS) is 28.5. The zero-order valence-corrected chi connectivity index (χ0v) is 14.4. The number of aromatic amines is 1. The summed E-state index contributed by atoms with van der Waals surface area (Å²) in [4.78, 5) is 37.2. The van der Waals surface area contributed by atoms with Crippen LogP contribution in [0.15, 0.2) is 21.9 Å². The average Bonchev–Trinajstić information content (AvgIpc) is 2.85. The van der Waals surface area contributed by atoms with Gasteiger partial charge in [0.2, 0.25) is 0 Å². The summed E-state index contributed by atoms with van der Waals surface area (Å²) < 4.78 is 5.96. The summed E-state index contributed by atoms with van der Waals surface area (Å²) in [7, 11) is 0. The van der Waals surface area contributed by atoms with Gasteiger partial charge in [0.15, 0.2) is 5.54 Å². The number of carbonyl (C=O) groups excluding carboxylic acids is 1. The molecular weight excluding hydrogens is 346 g/mol. The second-order valence-corrected chi connectivity index (χ2v) is 7.06. The Bertz CT molecular complexity index is 837. The van der Waals surface area contributed by atoms with E-state index in [9.17, 15) is 35.0 Å². The lowest BCUT2D eigenvalue weighted by Gasteiger charge is -2.27. The summed E-state index contributed by atoms with van der Waals surface area (Å²) in [6.07, 6.45) is -2.17. The van der Waals surface area contributed by atoms with Crippen LogP contribution in [0.2, 0.25) is 0 Å². The standard InChI is InChI=1S/C16H21N3O7/c1-15(2,8-20)13(24)26-6-9-5-16(7-17,12(23)11(9)22)19-4-3-10(21)18-14(19)25/h3-4,9,11-12,20,22-23H,5-6,8H2,1-2H3,(H,18,21,25)/t9-,11?,12?,16+/m1/s1. The highest BCUT2D eigenvalue weighted by Crippen LogP contribution is 2.40. The van der Waals surface area contributed by atoms with Gasteiger partial charge in [0.05, 0.1) is 30.8 Å². The Morgan fingerprint density at radius 3 is 2.69 bits per heavy atom. The number of ether oxygens (including phenoxy) is 1. The smallest absolute Gasteiger partial charge is 0.329 e. The van der Waals surface area contributed by atoms with Crippen LogP contribution in [0.25, 0.3) is 0 Å². The van der Waals surface area contributed by atoms with E-state index in [1.54, 1.807) is 0 Å². The van der Waals surface area contributed by atoms with Gasteiger partial charge in [-0.15, -0.1) is 0 Å². The fourth-order valence-electron chi connectivity index (χ4n) is 2.92. The number of esters is 1. The molecule has 1 aromatic heterocycles. The fraction of sp³-hybridized carbons (Fsp3) is 0.625. The molecule has 0 spiro atoms. The number of nitriles is 1. The van der Waals surface area contributed by atoms with Gasteiger partial charge in [-0.3, -0.25) is 19.1 Å². The van der Waals surface area contributed by atoms with Gasteiger partial charge in [-0.1, -0.05) is 0 Å². The van der Waals surface area contributed by atoms with E-state index < -0.39 is 52.9 Å². The summed E-state index contributed by atoms with van der Waals surface area (Å²) in [5, 5.41) is 39.4. The Kier molecular flexibility index (Phi) is 5.36. The molecule has 10 nitrogen and oxygen atoms in total. The molecule has 1 aliphatic rings. The van der Waals surface area contributed by atoms with Gasteiger partial charge in [-0.25, -0.2) is 4.79 Å². The first-order valence-electron chi connectivity index (χ1n) is 7.97. The van der Waals surface area contributed by atoms with Crippen molar-refractivity contribution in [3.8, 4) is 6.07 Å². The molecular formula is C16H21N3O7. The van der Waals surface area contributed by atoms with Crippen molar-refractivity contribution in [3.05, 3.63) is 33.1 Å². The third kappa shape index (κ3) is 3.29. The molecule has 10 heteroatoms. The van der Waals surface area contributed by atoms with Crippen LogP contribution < -0.4 is 11.2 Å². The van der Waals surface area contributed by atoms with Crippen LogP contribution in [0.3, 0.4) is 0 Å². The van der Waals surface area contributed by atoms with E-state index in [4.69, 9.17) is 4.74 Å². The van der Waals surface area contributed by atoms with Gasteiger partial charge in [-0.05, 0) is 20.3 Å². The van der Waals surface area contributed by atoms with Crippen molar-refractivity contribution in [2.24, 2.45) is 11.3 Å². The van der Waals surface area contributed by atoms with Crippen molar-refractivity contribution in [1.29, 1.82) is 5.26 Å². The molecule has 26 heavy (non-hydrogen) atoms. The molecule has 0 bridgehead atoms. The van der Waals surface area contributed by atoms with Crippen LogP contribution in [-0.2, 0) is 15.1 Å². The van der Waals surface area contributed by atoms with Crippen molar-refractivity contribution in [3.63, 3.8) is 0 Å². The SMILES string of the molecule is CC(C)(CO)C(=O)OC[C@H]1C[C@@](C#N)(n2ccc(=O)[nH]c2=O)C(O)C1O. The third-order valence-corrected chi connectivity index (χ3v) is 4.69. The van der Waals surface area contributed by atoms with Gasteiger partial charge < -0.3 is 20.1 Å². The predicted molar refractivity (Wildman–Crippen MR) is 86.9 cm³/mol. The summed E-state index contributed by atoms with van der Waals surface area (Å²) in [5.41, 5.74) is -4.51. The number of H-pyrrole nitrogens is 1. The van der Waals surface area contributed by atoms with Gasteiger partial charge in [0.25, 0.3) is 5.56 Å². The number of nitrogens with one attached hydrogen (secondary N) is 1. The van der Waals surface area contributed by atoms with E-state index in [2.05, 4.69) is 0 Å². The third-order valence-electron chi connectivity index (χ3n) is 4.69. The molecule has 2 rings (SSSR count). The monoisotopic (exact) mass is 367 g/mol. The Labute approximate surface area is 148 Å². The molecule has 0 aromatic carbocycles. The molecule has 2 unspecified atom stereocenters. The number of hydrogen-bond donors (Lipinski definition) is 4. The van der Waals surface area contributed by atoms with E-state index in [0.29, 0.717) is 0 Å². The largest absolute Gasteiger partial charge is 0.465 e. The highest BCUT2D eigenvalue weighted by atomic mass is 16.5. The number of aliphatic hydroxyl groups is 3. The lowest BCUT2D eigenvalue weighted by Crippen LogP contribution is -2.49. The quantitative estimate of drug-likeness (QED) is 0.436. The van der Waals surface area contributed by atoms with Crippen LogP contribution in [0.4, 0.5) is 0 Å². The minimum atomic E-state index is -1.82. The van der Waals surface area contributed by atoms with Crippen LogP contribution in [0, 0.1) is 22.7 Å². The van der Waals surface area contributed by atoms with Crippen LogP contribution >= 0.6 is 0 Å². The van der Waals surface area contributed by atoms with Gasteiger partial charge in [-0.2, -0.15) is 5.26 Å². The molecule has 4 N–H and O–H groups in total. The minimum absolute atomic E-state index is 0.176. The molecule has 0 aliphatic heterocycles. The first kappa shape index (κ1) is 19.8. The summed E-state index contributed by atoms with van der Waals surface area (Å²) in [5.74, 6) is -1.51. The molecule has 1 heterocycles. The molecule has 1 aromatic rings. The van der Waals surface area contributed by atoms with E-state index in [-0.39, 0.29) is 13.0 Å². The summed E-state index contributed by atoms with van der Waals surface area (Å²) >= 11 is 0. The summed E-state index contributed by atoms with van der Waals surface area (Å²) in [6.45, 7) is 2.22. The molecule has 1 saturated carbocycles.